The van der Waals surface area contributed by atoms with Crippen LogP contribution in [0.2, 0.25) is 0 Å². The van der Waals surface area contributed by atoms with E-state index in [1.54, 1.807) is 25.1 Å². The lowest BCUT2D eigenvalue weighted by Crippen LogP contribution is -2.37. The average molecular weight is 332 g/mol. The van der Waals surface area contributed by atoms with Gasteiger partial charge in [0.25, 0.3) is 0 Å². The first kappa shape index (κ1) is 16.4. The molecule has 1 heterocycles. The minimum atomic E-state index is -3.72. The Balaban J connectivity index is 2.32. The van der Waals surface area contributed by atoms with Crippen LogP contribution in [0, 0.1) is 0 Å². The highest BCUT2D eigenvalue weighted by atomic mass is 32.2. The van der Waals surface area contributed by atoms with Gasteiger partial charge in [-0.2, -0.15) is 4.31 Å². The lowest BCUT2D eigenvalue weighted by molar-refractivity contribution is 0.394. The second-order valence-corrected chi connectivity index (χ2v) is 9.67. The van der Waals surface area contributed by atoms with Crippen molar-refractivity contribution in [2.45, 2.75) is 30.3 Å². The minimum Gasteiger partial charge on any atom is -0.324 e. The first-order valence-corrected chi connectivity index (χ1v) is 9.93. The Kier molecular flexibility index (Phi) is 4.44. The van der Waals surface area contributed by atoms with Gasteiger partial charge in [-0.15, -0.1) is 0 Å². The molecule has 118 valence electrons. The van der Waals surface area contributed by atoms with Crippen molar-refractivity contribution in [2.24, 2.45) is 5.73 Å². The van der Waals surface area contributed by atoms with Crippen LogP contribution in [0.4, 0.5) is 0 Å². The third-order valence-electron chi connectivity index (χ3n) is 3.78. The number of rotatable bonds is 4. The van der Waals surface area contributed by atoms with Crippen molar-refractivity contribution in [3.8, 4) is 0 Å². The van der Waals surface area contributed by atoms with Crippen molar-refractivity contribution in [2.75, 3.05) is 18.6 Å². The summed E-state index contributed by atoms with van der Waals surface area (Å²) >= 11 is 0. The molecule has 2 atom stereocenters. The van der Waals surface area contributed by atoms with E-state index in [0.717, 1.165) is 9.87 Å². The summed E-state index contributed by atoms with van der Waals surface area (Å²) in [6.07, 6.45) is 0.338. The summed E-state index contributed by atoms with van der Waals surface area (Å²) in [5.74, 6) is -0.0763. The number of sulfone groups is 1. The summed E-state index contributed by atoms with van der Waals surface area (Å²) < 4.78 is 49.4. The molecule has 0 aliphatic carbocycles. The van der Waals surface area contributed by atoms with Crippen LogP contribution in [-0.4, -0.2) is 45.7 Å². The number of hydrogen-bond donors (Lipinski definition) is 1. The van der Waals surface area contributed by atoms with Crippen molar-refractivity contribution >= 4 is 19.9 Å². The molecule has 0 saturated carbocycles. The SMILES string of the molecule is CC(N)c1cccc(S(=O)(=O)N(C)C2CCS(=O)(=O)C2)c1. The fourth-order valence-corrected chi connectivity index (χ4v) is 5.69. The molecular formula is C13H20N2O4S2. The van der Waals surface area contributed by atoms with Gasteiger partial charge in [0.15, 0.2) is 9.84 Å². The topological polar surface area (TPSA) is 97.5 Å². The van der Waals surface area contributed by atoms with Gasteiger partial charge in [-0.05, 0) is 31.0 Å². The Bertz CT molecular complexity index is 726. The molecular weight excluding hydrogens is 312 g/mol. The summed E-state index contributed by atoms with van der Waals surface area (Å²) in [6.45, 7) is 1.78. The van der Waals surface area contributed by atoms with Gasteiger partial charge in [0.1, 0.15) is 0 Å². The van der Waals surface area contributed by atoms with Gasteiger partial charge in [0, 0.05) is 19.1 Å². The zero-order chi connectivity index (χ0) is 15.8. The molecule has 1 aliphatic heterocycles. The zero-order valence-electron chi connectivity index (χ0n) is 12.1. The van der Waals surface area contributed by atoms with E-state index >= 15 is 0 Å². The van der Waals surface area contributed by atoms with E-state index < -0.39 is 25.9 Å². The maximum Gasteiger partial charge on any atom is 0.243 e. The highest BCUT2D eigenvalue weighted by Gasteiger charge is 2.36. The molecule has 0 aromatic heterocycles. The van der Waals surface area contributed by atoms with Crippen LogP contribution in [0.25, 0.3) is 0 Å². The Morgan fingerprint density at radius 2 is 2.05 bits per heavy atom. The average Bonchev–Trinajstić information content (AvgIpc) is 2.78. The molecule has 1 saturated heterocycles. The van der Waals surface area contributed by atoms with Crippen LogP contribution in [0.3, 0.4) is 0 Å². The fourth-order valence-electron chi connectivity index (χ4n) is 2.38. The van der Waals surface area contributed by atoms with Crippen LogP contribution in [-0.2, 0) is 19.9 Å². The zero-order valence-corrected chi connectivity index (χ0v) is 13.7. The molecule has 0 radical (unpaired) electrons. The van der Waals surface area contributed by atoms with Crippen molar-refractivity contribution in [3.63, 3.8) is 0 Å². The van der Waals surface area contributed by atoms with Crippen molar-refractivity contribution in [3.05, 3.63) is 29.8 Å². The van der Waals surface area contributed by atoms with Crippen molar-refractivity contribution < 1.29 is 16.8 Å². The monoisotopic (exact) mass is 332 g/mol. The normalized spacial score (nSPS) is 23.3. The van der Waals surface area contributed by atoms with Gasteiger partial charge in [0.2, 0.25) is 10.0 Å². The maximum atomic E-state index is 12.6. The van der Waals surface area contributed by atoms with E-state index in [4.69, 9.17) is 5.73 Å². The summed E-state index contributed by atoms with van der Waals surface area (Å²) in [7, 11) is -5.42. The third kappa shape index (κ3) is 3.45. The van der Waals surface area contributed by atoms with Gasteiger partial charge in [-0.25, -0.2) is 16.8 Å². The fraction of sp³-hybridized carbons (Fsp3) is 0.538. The van der Waals surface area contributed by atoms with E-state index in [-0.39, 0.29) is 22.4 Å². The lowest BCUT2D eigenvalue weighted by Gasteiger charge is -2.23. The number of nitrogens with zero attached hydrogens (tertiary/aromatic N) is 1. The lowest BCUT2D eigenvalue weighted by atomic mass is 10.1. The van der Waals surface area contributed by atoms with E-state index in [2.05, 4.69) is 0 Å². The van der Waals surface area contributed by atoms with E-state index in [1.165, 1.54) is 13.1 Å². The number of sulfonamides is 1. The third-order valence-corrected chi connectivity index (χ3v) is 7.44. The molecule has 1 aliphatic rings. The summed E-state index contributed by atoms with van der Waals surface area (Å²) in [6, 6.07) is 5.69. The molecule has 6 nitrogen and oxygen atoms in total. The maximum absolute atomic E-state index is 12.6. The second-order valence-electron chi connectivity index (χ2n) is 5.44. The first-order chi connectivity index (χ1) is 9.63. The predicted molar refractivity (Wildman–Crippen MR) is 81.1 cm³/mol. The van der Waals surface area contributed by atoms with Gasteiger partial charge >= 0.3 is 0 Å². The Morgan fingerprint density at radius 3 is 2.57 bits per heavy atom. The molecule has 8 heteroatoms. The van der Waals surface area contributed by atoms with Crippen LogP contribution in [0.5, 0.6) is 0 Å². The van der Waals surface area contributed by atoms with E-state index in [1.807, 2.05) is 0 Å². The first-order valence-electron chi connectivity index (χ1n) is 6.67. The van der Waals surface area contributed by atoms with Crippen LogP contribution in [0.1, 0.15) is 24.9 Å². The number of hydrogen-bond acceptors (Lipinski definition) is 5. The van der Waals surface area contributed by atoms with Gasteiger partial charge in [-0.3, -0.25) is 0 Å². The number of benzene rings is 1. The molecule has 2 rings (SSSR count). The quantitative estimate of drug-likeness (QED) is 0.866. The van der Waals surface area contributed by atoms with E-state index in [9.17, 15) is 16.8 Å². The van der Waals surface area contributed by atoms with Gasteiger partial charge in [-0.1, -0.05) is 12.1 Å². The summed E-state index contributed by atoms with van der Waals surface area (Å²) in [5.41, 5.74) is 6.50. The van der Waals surface area contributed by atoms with Crippen molar-refractivity contribution in [1.82, 2.24) is 4.31 Å². The highest BCUT2D eigenvalue weighted by molar-refractivity contribution is 7.92. The molecule has 2 N–H and O–H groups in total. The molecule has 0 amide bonds. The molecule has 1 aromatic rings. The molecule has 21 heavy (non-hydrogen) atoms. The molecule has 1 fully saturated rings. The van der Waals surface area contributed by atoms with Crippen LogP contribution in [0.15, 0.2) is 29.2 Å². The van der Waals surface area contributed by atoms with Gasteiger partial charge < -0.3 is 5.73 Å². The van der Waals surface area contributed by atoms with Crippen LogP contribution >= 0.6 is 0 Å². The van der Waals surface area contributed by atoms with Crippen molar-refractivity contribution in [1.29, 1.82) is 0 Å². The molecule has 0 spiro atoms. The molecule has 0 bridgehead atoms. The predicted octanol–water partition coefficient (Wildman–Crippen LogP) is 0.514. The Labute approximate surface area is 125 Å². The van der Waals surface area contributed by atoms with Gasteiger partial charge in [0.05, 0.1) is 16.4 Å². The smallest absolute Gasteiger partial charge is 0.243 e. The number of nitrogens with two attached hydrogens (primary N) is 1. The molecule has 1 aromatic carbocycles. The molecule has 2 unspecified atom stereocenters. The Morgan fingerprint density at radius 1 is 1.38 bits per heavy atom. The second kappa shape index (κ2) is 5.68. The van der Waals surface area contributed by atoms with E-state index in [0.29, 0.717) is 6.42 Å². The largest absolute Gasteiger partial charge is 0.324 e. The summed E-state index contributed by atoms with van der Waals surface area (Å²) in [5, 5.41) is 0. The highest BCUT2D eigenvalue weighted by Crippen LogP contribution is 2.24. The summed E-state index contributed by atoms with van der Waals surface area (Å²) in [4.78, 5) is 0.143. The Hall–Kier alpha value is -0.960. The standard InChI is InChI=1S/C13H20N2O4S2/c1-10(14)11-4-3-5-13(8-11)21(18,19)15(2)12-6-7-20(16,17)9-12/h3-5,8,10,12H,6-7,9,14H2,1-2H3. The van der Waals surface area contributed by atoms with Crippen LogP contribution < -0.4 is 5.73 Å². The minimum absolute atomic E-state index is 0.0391.